The van der Waals surface area contributed by atoms with Crippen LogP contribution in [0, 0.1) is 0 Å². The minimum atomic E-state index is 1.06. The van der Waals surface area contributed by atoms with Gasteiger partial charge in [-0.3, -0.25) is 0 Å². The van der Waals surface area contributed by atoms with Crippen LogP contribution >= 0.6 is 12.6 Å². The van der Waals surface area contributed by atoms with Crippen molar-refractivity contribution in [3.8, 4) is 0 Å². The number of hydrogen-bond donors (Lipinski definition) is 1. The smallest absolute Gasteiger partial charge is 0.0129 e. The number of rotatable bonds is 3. The number of thiol groups is 1. The van der Waals surface area contributed by atoms with E-state index >= 15 is 0 Å². The number of benzene rings is 1. The Morgan fingerprint density at radius 3 is 2.85 bits per heavy atom. The second-order valence-electron chi connectivity index (χ2n) is 2.84. The maximum Gasteiger partial charge on any atom is -0.0129 e. The van der Waals surface area contributed by atoms with Crippen LogP contribution in [0.25, 0.3) is 5.57 Å². The Balaban J connectivity index is 3.07. The Labute approximate surface area is 85.4 Å². The van der Waals surface area contributed by atoms with E-state index in [0.29, 0.717) is 0 Å². The molecule has 1 rings (SSSR count). The fourth-order valence-corrected chi connectivity index (χ4v) is 1.47. The van der Waals surface area contributed by atoms with E-state index < -0.39 is 0 Å². The van der Waals surface area contributed by atoms with Crippen molar-refractivity contribution < 1.29 is 0 Å². The van der Waals surface area contributed by atoms with Crippen LogP contribution in [0.3, 0.4) is 0 Å². The number of hydrogen-bond acceptors (Lipinski definition) is 1. The molecule has 1 heteroatoms. The summed E-state index contributed by atoms with van der Waals surface area (Å²) in [6.45, 7) is 5.90. The van der Waals surface area contributed by atoms with E-state index in [4.69, 9.17) is 0 Å². The van der Waals surface area contributed by atoms with E-state index in [-0.39, 0.29) is 0 Å². The van der Waals surface area contributed by atoms with Crippen molar-refractivity contribution in [1.29, 1.82) is 0 Å². The Morgan fingerprint density at radius 2 is 2.31 bits per heavy atom. The van der Waals surface area contributed by atoms with Crippen molar-refractivity contribution in [2.45, 2.75) is 13.3 Å². The van der Waals surface area contributed by atoms with Crippen molar-refractivity contribution in [3.05, 3.63) is 53.5 Å². The lowest BCUT2D eigenvalue weighted by atomic mass is 10.0. The molecule has 0 atom stereocenters. The van der Waals surface area contributed by atoms with Gasteiger partial charge >= 0.3 is 0 Å². The van der Waals surface area contributed by atoms with Crippen molar-refractivity contribution >= 4 is 18.2 Å². The maximum atomic E-state index is 4.14. The molecular formula is C12H14S. The predicted octanol–water partition coefficient (Wildman–Crippen LogP) is 3.71. The van der Waals surface area contributed by atoms with E-state index in [1.165, 1.54) is 11.1 Å². The molecule has 0 heterocycles. The van der Waals surface area contributed by atoms with E-state index in [1.54, 1.807) is 5.41 Å². The minimum Gasteiger partial charge on any atom is -0.151 e. The molecule has 0 spiro atoms. The van der Waals surface area contributed by atoms with Gasteiger partial charge < -0.3 is 0 Å². The first-order chi connectivity index (χ1) is 6.31. The third kappa shape index (κ3) is 2.49. The van der Waals surface area contributed by atoms with Crippen molar-refractivity contribution in [2.24, 2.45) is 0 Å². The largest absolute Gasteiger partial charge is 0.151 e. The monoisotopic (exact) mass is 190 g/mol. The van der Waals surface area contributed by atoms with Crippen molar-refractivity contribution in [2.75, 3.05) is 0 Å². The summed E-state index contributed by atoms with van der Waals surface area (Å²) >= 11 is 4.14. The van der Waals surface area contributed by atoms with E-state index in [0.717, 1.165) is 12.0 Å². The van der Waals surface area contributed by atoms with Gasteiger partial charge in [0.2, 0.25) is 0 Å². The maximum absolute atomic E-state index is 4.14. The highest BCUT2D eigenvalue weighted by Crippen LogP contribution is 2.17. The summed E-state index contributed by atoms with van der Waals surface area (Å²) < 4.78 is 0. The predicted molar refractivity (Wildman–Crippen MR) is 63.0 cm³/mol. The molecule has 0 saturated carbocycles. The van der Waals surface area contributed by atoms with Gasteiger partial charge in [0, 0.05) is 0 Å². The molecule has 0 N–H and O–H groups in total. The number of aryl methyl sites for hydroxylation is 1. The van der Waals surface area contributed by atoms with Gasteiger partial charge in [-0.25, -0.2) is 0 Å². The van der Waals surface area contributed by atoms with Gasteiger partial charge in [-0.2, -0.15) is 12.6 Å². The molecule has 0 bridgehead atoms. The van der Waals surface area contributed by atoms with Gasteiger partial charge in [-0.1, -0.05) is 43.8 Å². The standard InChI is InChI=1S/C12H14S/c1-3-10-6-5-7-12(8-10)11(4-2)9-13/h4-9,13H,2-3H2,1H3/b11-9+. The summed E-state index contributed by atoms with van der Waals surface area (Å²) in [4.78, 5) is 0. The zero-order chi connectivity index (χ0) is 9.68. The van der Waals surface area contributed by atoms with Gasteiger partial charge in [0.15, 0.2) is 0 Å². The molecule has 0 fully saturated rings. The summed E-state index contributed by atoms with van der Waals surface area (Å²) in [7, 11) is 0. The molecule has 68 valence electrons. The van der Waals surface area contributed by atoms with Crippen LogP contribution in [0.15, 0.2) is 42.3 Å². The van der Waals surface area contributed by atoms with Crippen LogP contribution in [-0.4, -0.2) is 0 Å². The molecule has 0 aliphatic rings. The molecule has 0 aromatic heterocycles. The average molecular weight is 190 g/mol. The summed E-state index contributed by atoms with van der Waals surface area (Å²) in [5.74, 6) is 0. The third-order valence-corrected chi connectivity index (χ3v) is 2.31. The average Bonchev–Trinajstić information content (AvgIpc) is 2.20. The topological polar surface area (TPSA) is 0 Å². The summed E-state index contributed by atoms with van der Waals surface area (Å²) in [5, 5.41) is 1.78. The van der Waals surface area contributed by atoms with Crippen LogP contribution in [-0.2, 0) is 6.42 Å². The third-order valence-electron chi connectivity index (χ3n) is 2.03. The van der Waals surface area contributed by atoms with Gasteiger partial charge in [-0.05, 0) is 28.5 Å². The summed E-state index contributed by atoms with van der Waals surface area (Å²) in [5.41, 5.74) is 3.59. The summed E-state index contributed by atoms with van der Waals surface area (Å²) in [6.07, 6.45) is 2.88. The molecule has 0 aliphatic heterocycles. The van der Waals surface area contributed by atoms with Crippen LogP contribution in [0.4, 0.5) is 0 Å². The molecular weight excluding hydrogens is 176 g/mol. The Kier molecular flexibility index (Phi) is 3.84. The quantitative estimate of drug-likeness (QED) is 0.545. The molecule has 0 nitrogen and oxygen atoms in total. The summed E-state index contributed by atoms with van der Waals surface area (Å²) in [6, 6.07) is 8.43. The molecule has 1 aromatic carbocycles. The Hall–Kier alpha value is -0.950. The molecule has 0 amide bonds. The first-order valence-electron chi connectivity index (χ1n) is 4.38. The van der Waals surface area contributed by atoms with Crippen molar-refractivity contribution in [3.63, 3.8) is 0 Å². The van der Waals surface area contributed by atoms with E-state index in [1.807, 2.05) is 6.08 Å². The van der Waals surface area contributed by atoms with Gasteiger partial charge in [-0.15, -0.1) is 0 Å². The Bertz CT molecular complexity index is 324. The van der Waals surface area contributed by atoms with Gasteiger partial charge in [0.1, 0.15) is 0 Å². The van der Waals surface area contributed by atoms with Crippen molar-refractivity contribution in [1.82, 2.24) is 0 Å². The van der Waals surface area contributed by atoms with Crippen LogP contribution in [0.2, 0.25) is 0 Å². The fourth-order valence-electron chi connectivity index (χ4n) is 1.22. The van der Waals surface area contributed by atoms with E-state index in [9.17, 15) is 0 Å². The second kappa shape index (κ2) is 4.93. The van der Waals surface area contributed by atoms with Crippen LogP contribution in [0.5, 0.6) is 0 Å². The molecule has 1 aromatic rings. The molecule has 0 radical (unpaired) electrons. The second-order valence-corrected chi connectivity index (χ2v) is 3.10. The molecule has 13 heavy (non-hydrogen) atoms. The Morgan fingerprint density at radius 1 is 1.54 bits per heavy atom. The van der Waals surface area contributed by atoms with Gasteiger partial charge in [0.25, 0.3) is 0 Å². The lowest BCUT2D eigenvalue weighted by Crippen LogP contribution is -1.84. The lowest BCUT2D eigenvalue weighted by Gasteiger charge is -2.03. The highest BCUT2D eigenvalue weighted by molar-refractivity contribution is 7.83. The normalized spacial score (nSPS) is 11.4. The van der Waals surface area contributed by atoms with E-state index in [2.05, 4.69) is 50.4 Å². The zero-order valence-electron chi connectivity index (χ0n) is 7.83. The molecule has 0 aliphatic carbocycles. The first kappa shape index (κ1) is 10.1. The highest BCUT2D eigenvalue weighted by Gasteiger charge is 1.96. The highest BCUT2D eigenvalue weighted by atomic mass is 32.1. The SMILES string of the molecule is C=C/C(=C\S)c1cccc(CC)c1. The van der Waals surface area contributed by atoms with Gasteiger partial charge in [0.05, 0.1) is 0 Å². The molecule has 0 saturated heterocycles. The first-order valence-corrected chi connectivity index (χ1v) is 4.89. The lowest BCUT2D eigenvalue weighted by molar-refractivity contribution is 1.14. The zero-order valence-corrected chi connectivity index (χ0v) is 8.72. The van der Waals surface area contributed by atoms with Crippen LogP contribution < -0.4 is 0 Å². The minimum absolute atomic E-state index is 1.06. The molecule has 0 unspecified atom stereocenters. The fraction of sp³-hybridized carbons (Fsp3) is 0.167. The number of allylic oxidation sites excluding steroid dienone is 2. The van der Waals surface area contributed by atoms with Crippen LogP contribution in [0.1, 0.15) is 18.1 Å².